The number of esters is 3. The highest BCUT2D eigenvalue weighted by Gasteiger charge is 2.33. The van der Waals surface area contributed by atoms with Gasteiger partial charge in [-0.05, 0) is 92.5 Å². The minimum atomic E-state index is -0.386. The number of aryl methyl sites for hydroxylation is 4. The van der Waals surface area contributed by atoms with Gasteiger partial charge in [-0.15, -0.1) is 0 Å². The molecule has 2 N–H and O–H groups in total. The van der Waals surface area contributed by atoms with Crippen LogP contribution in [0.4, 0.5) is 0 Å². The number of allylic oxidation sites excluding steroid dienone is 1. The number of carbonyl (C=O) groups is 3. The third-order valence-corrected chi connectivity index (χ3v) is 10.1. The number of aromatic amines is 2. The van der Waals surface area contributed by atoms with Crippen molar-refractivity contribution in [1.29, 1.82) is 0 Å². The largest absolute Gasteiger partial charge is 0.466 e. The van der Waals surface area contributed by atoms with Crippen LogP contribution in [0, 0.1) is 13.8 Å². The number of hydrogen-bond donors (Lipinski definition) is 2. The van der Waals surface area contributed by atoms with E-state index in [0.717, 1.165) is 68.7 Å². The molecule has 50 heavy (non-hydrogen) atoms. The van der Waals surface area contributed by atoms with Crippen LogP contribution < -0.4 is 0 Å². The van der Waals surface area contributed by atoms with Crippen LogP contribution in [0.5, 0.6) is 0 Å². The number of nitrogens with one attached hydrogen (secondary N) is 2. The van der Waals surface area contributed by atoms with Gasteiger partial charge in [-0.2, -0.15) is 0 Å². The number of ether oxygens (including phenoxy) is 3. The molecule has 5 heterocycles. The van der Waals surface area contributed by atoms with Crippen molar-refractivity contribution < 1.29 is 28.6 Å². The molecule has 2 atom stereocenters. The maximum atomic E-state index is 12.1. The van der Waals surface area contributed by atoms with Crippen molar-refractivity contribution in [2.45, 2.75) is 106 Å². The van der Waals surface area contributed by atoms with Crippen molar-refractivity contribution in [2.24, 2.45) is 0 Å². The summed E-state index contributed by atoms with van der Waals surface area (Å²) < 4.78 is 16.4. The Labute approximate surface area is 294 Å². The number of fused-ring (bicyclic) bond motifs is 8. The van der Waals surface area contributed by atoms with Gasteiger partial charge < -0.3 is 24.2 Å². The molecule has 0 saturated carbocycles. The first kappa shape index (κ1) is 36.5. The van der Waals surface area contributed by atoms with Crippen LogP contribution in [0.25, 0.3) is 33.2 Å². The fourth-order valence-corrected chi connectivity index (χ4v) is 7.37. The van der Waals surface area contributed by atoms with Gasteiger partial charge in [0.1, 0.15) is 6.61 Å². The molecule has 2 aliphatic heterocycles. The van der Waals surface area contributed by atoms with Gasteiger partial charge in [0.05, 0.1) is 24.6 Å². The highest BCUT2D eigenvalue weighted by Crippen LogP contribution is 2.43. The second-order valence-corrected chi connectivity index (χ2v) is 13.3. The number of H-pyrrole nitrogens is 2. The Morgan fingerprint density at radius 3 is 1.92 bits per heavy atom. The van der Waals surface area contributed by atoms with E-state index < -0.39 is 0 Å². The van der Waals surface area contributed by atoms with Crippen LogP contribution in [0.15, 0.2) is 18.2 Å². The minimum absolute atomic E-state index is 0.0286. The van der Waals surface area contributed by atoms with Gasteiger partial charge in [-0.25, -0.2) is 4.98 Å². The highest BCUT2D eigenvalue weighted by atomic mass is 16.5. The molecule has 0 radical (unpaired) electrons. The van der Waals surface area contributed by atoms with Crippen molar-refractivity contribution in [3.63, 3.8) is 0 Å². The number of carbonyl (C=O) groups excluding carboxylic acids is 3. The molecule has 5 rings (SSSR count). The van der Waals surface area contributed by atoms with E-state index >= 15 is 0 Å². The molecule has 0 fully saturated rings. The Bertz CT molecular complexity index is 2020. The van der Waals surface area contributed by atoms with E-state index in [0.29, 0.717) is 31.6 Å². The van der Waals surface area contributed by atoms with E-state index in [2.05, 4.69) is 62.8 Å². The summed E-state index contributed by atoms with van der Waals surface area (Å²) in [6.07, 6.45) is 3.44. The van der Waals surface area contributed by atoms with Crippen LogP contribution in [0.3, 0.4) is 0 Å². The molecule has 2 aliphatic rings. The third-order valence-electron chi connectivity index (χ3n) is 10.1. The lowest BCUT2D eigenvalue weighted by Gasteiger charge is -2.19. The summed E-state index contributed by atoms with van der Waals surface area (Å²) in [5.41, 5.74) is 14.7. The van der Waals surface area contributed by atoms with Crippen molar-refractivity contribution in [1.82, 2.24) is 19.9 Å². The normalized spacial score (nSPS) is 15.7. The van der Waals surface area contributed by atoms with Gasteiger partial charge >= 0.3 is 17.9 Å². The number of hydrogen-bond acceptors (Lipinski definition) is 8. The molecule has 0 unspecified atom stereocenters. The lowest BCUT2D eigenvalue weighted by molar-refractivity contribution is -0.141. The zero-order chi connectivity index (χ0) is 36.3. The fourth-order valence-electron chi connectivity index (χ4n) is 7.37. The summed E-state index contributed by atoms with van der Waals surface area (Å²) in [5, 5.41) is 0. The van der Waals surface area contributed by atoms with Crippen LogP contribution in [0.2, 0.25) is 0 Å². The summed E-state index contributed by atoms with van der Waals surface area (Å²) in [5.74, 6) is -1.06. The number of nitrogens with zero attached hydrogens (tertiary/aromatic N) is 2. The highest BCUT2D eigenvalue weighted by molar-refractivity contribution is 5.94. The van der Waals surface area contributed by atoms with Crippen LogP contribution in [0.1, 0.15) is 124 Å². The molecule has 266 valence electrons. The molecule has 10 nitrogen and oxygen atoms in total. The molecule has 0 amide bonds. The molecule has 8 bridgehead atoms. The summed E-state index contributed by atoms with van der Waals surface area (Å²) in [6, 6.07) is 6.45. The maximum Gasteiger partial charge on any atom is 0.302 e. The molecule has 10 heteroatoms. The molecular formula is C40H50N4O6. The van der Waals surface area contributed by atoms with E-state index in [1.807, 2.05) is 6.92 Å². The average molecular weight is 683 g/mol. The van der Waals surface area contributed by atoms with Crippen molar-refractivity contribution in [3.8, 4) is 0 Å². The smallest absolute Gasteiger partial charge is 0.302 e. The van der Waals surface area contributed by atoms with Gasteiger partial charge in [0.25, 0.3) is 0 Å². The Morgan fingerprint density at radius 2 is 1.32 bits per heavy atom. The Morgan fingerprint density at radius 1 is 0.740 bits per heavy atom. The van der Waals surface area contributed by atoms with Gasteiger partial charge in [-0.1, -0.05) is 20.8 Å². The first-order chi connectivity index (χ1) is 23.8. The first-order valence-corrected chi connectivity index (χ1v) is 17.7. The minimum Gasteiger partial charge on any atom is -0.466 e. The predicted molar refractivity (Wildman–Crippen MR) is 196 cm³/mol. The molecular weight excluding hydrogens is 632 g/mol. The van der Waals surface area contributed by atoms with Crippen LogP contribution >= 0.6 is 0 Å². The second kappa shape index (κ2) is 15.4. The van der Waals surface area contributed by atoms with Gasteiger partial charge in [0.2, 0.25) is 0 Å². The van der Waals surface area contributed by atoms with E-state index in [1.54, 1.807) is 0 Å². The lowest BCUT2D eigenvalue weighted by atomic mass is 9.84. The van der Waals surface area contributed by atoms with Crippen LogP contribution in [-0.2, 0) is 47.9 Å². The summed E-state index contributed by atoms with van der Waals surface area (Å²) in [7, 11) is 0. The summed E-state index contributed by atoms with van der Waals surface area (Å²) in [6.45, 7) is 17.5. The quantitative estimate of drug-likeness (QED) is 0.118. The van der Waals surface area contributed by atoms with Crippen molar-refractivity contribution in [3.05, 3.63) is 68.8 Å². The average Bonchev–Trinajstić information content (AvgIpc) is 3.73. The summed E-state index contributed by atoms with van der Waals surface area (Å²) in [4.78, 5) is 53.7. The lowest BCUT2D eigenvalue weighted by Crippen LogP contribution is -2.12. The zero-order valence-electron chi connectivity index (χ0n) is 30.9. The SMILES string of the molecule is CCc1c(C)c2cc3[nH]c(cc4nc(c(CCOC(C)=O)c5nc(cc1[nH]2)C(C)=C5COC(C)=O)[C@@H](CCCOC(C)=O)[C@@H]4C)c(C)c3CC. The predicted octanol–water partition coefficient (Wildman–Crippen LogP) is 7.89. The molecule has 3 aromatic heterocycles. The summed E-state index contributed by atoms with van der Waals surface area (Å²) >= 11 is 0. The standard InChI is InChI=1S/C40H50N4O6/c1-10-28-21(3)33-17-35-23(5)30(13-12-15-48-25(7)45)39(43-35)31(14-16-49-26(8)46)40-32(20-50-27(9)47)24(6)36(44-40)19-38-29(11-2)22(4)34(42-38)18-37(28)41-33/h17-19,23,30,41-42H,10-16,20H2,1-9H3/t23-,30-/m0/s1. The Balaban J connectivity index is 1.91. The zero-order valence-corrected chi connectivity index (χ0v) is 30.9. The monoisotopic (exact) mass is 682 g/mol. The molecule has 0 saturated heterocycles. The number of rotatable bonds is 11. The Kier molecular flexibility index (Phi) is 11.3. The van der Waals surface area contributed by atoms with Gasteiger partial charge in [0, 0.05) is 83.6 Å². The topological polar surface area (TPSA) is 136 Å². The van der Waals surface area contributed by atoms with Crippen molar-refractivity contribution >= 4 is 51.1 Å². The van der Waals surface area contributed by atoms with Gasteiger partial charge in [0.15, 0.2) is 0 Å². The van der Waals surface area contributed by atoms with E-state index in [9.17, 15) is 14.4 Å². The van der Waals surface area contributed by atoms with E-state index in [4.69, 9.17) is 24.2 Å². The number of aromatic nitrogens is 4. The van der Waals surface area contributed by atoms with Crippen LogP contribution in [-0.4, -0.2) is 57.7 Å². The molecule has 0 spiro atoms. The molecule has 0 aliphatic carbocycles. The fraction of sp³-hybridized carbons (Fsp3) is 0.475. The molecule has 0 aromatic carbocycles. The first-order valence-electron chi connectivity index (χ1n) is 17.7. The van der Waals surface area contributed by atoms with Gasteiger partial charge in [-0.3, -0.25) is 19.4 Å². The third kappa shape index (κ3) is 7.54. The van der Waals surface area contributed by atoms with Crippen molar-refractivity contribution in [2.75, 3.05) is 19.8 Å². The molecule has 3 aromatic rings. The van der Waals surface area contributed by atoms with E-state index in [-0.39, 0.29) is 43.0 Å². The van der Waals surface area contributed by atoms with E-state index in [1.165, 1.54) is 43.0 Å². The second-order valence-electron chi connectivity index (χ2n) is 13.3. The Hall–Kier alpha value is -4.73. The maximum absolute atomic E-state index is 12.1.